The summed E-state index contributed by atoms with van der Waals surface area (Å²) in [7, 11) is -4.59. The van der Waals surface area contributed by atoms with Crippen LogP contribution in [-0.2, 0) is 41.0 Å². The van der Waals surface area contributed by atoms with Crippen LogP contribution < -0.4 is 10.6 Å². The molecule has 17 nitrogen and oxygen atoms in total. The molecule has 2 aliphatic heterocycles. The molecule has 21 heteroatoms. The van der Waals surface area contributed by atoms with Crippen molar-refractivity contribution in [1.82, 2.24) is 30.4 Å². The highest BCUT2D eigenvalue weighted by molar-refractivity contribution is 6.74. The number of hydrogen-bond donors (Lipinski definition) is 5. The monoisotopic (exact) mass is 1240 g/mol. The van der Waals surface area contributed by atoms with Crippen molar-refractivity contribution in [2.45, 2.75) is 180 Å². The Labute approximate surface area is 513 Å². The predicted molar refractivity (Wildman–Crippen MR) is 339 cm³/mol. The number of H-pyrrole nitrogens is 2. The first-order chi connectivity index (χ1) is 40.5. The van der Waals surface area contributed by atoms with Crippen molar-refractivity contribution >= 4 is 62.8 Å². The first kappa shape index (κ1) is 67.3. The van der Waals surface area contributed by atoms with Crippen LogP contribution in [-0.4, -0.2) is 128 Å². The third-order valence-electron chi connectivity index (χ3n) is 16.5. The second-order valence-electron chi connectivity index (χ2n) is 27.6. The number of carbonyl (C=O) groups is 4. The Hall–Kier alpha value is -7.21. The summed E-state index contributed by atoms with van der Waals surface area (Å²) < 4.78 is 64.1. The zero-order valence-corrected chi connectivity index (χ0v) is 55.4. The Morgan fingerprint density at radius 2 is 1.06 bits per heavy atom. The predicted octanol–water partition coefficient (Wildman–Crippen LogP) is 14.5. The van der Waals surface area contributed by atoms with Crippen LogP contribution in [0.25, 0.3) is 21.8 Å². The number of aromatic amines is 2. The van der Waals surface area contributed by atoms with Crippen molar-refractivity contribution in [2.75, 3.05) is 26.2 Å². The SMILES string of the molecule is CC(C)(C)OC(=O)N1CC(O[Si](C)(C)C(C)(C)C)=C[C@H]1[C@@H](CNC(=O)OCc1ccccc1)c1c[nH]c2cc(F)ccc12.CC(C)(C)OC(=O)N1C[C@@H](O[Si](C)(C)C(C)(C)C)[C@H](O)[C@H]1[C@@H](CNC(=O)OCc1ccccc1)c1c[nH]c2cc(F)ccc12. The van der Waals surface area contributed by atoms with Gasteiger partial charge in [0.25, 0.3) is 0 Å². The van der Waals surface area contributed by atoms with Gasteiger partial charge < -0.3 is 53.5 Å². The van der Waals surface area contributed by atoms with E-state index in [1.807, 2.05) is 87.5 Å². The van der Waals surface area contributed by atoms with Crippen LogP contribution in [0.4, 0.5) is 28.0 Å². The Bertz CT molecular complexity index is 3370. The number of benzene rings is 4. The quantitative estimate of drug-likeness (QED) is 0.0455. The number of nitrogens with zero attached hydrogens (tertiary/aromatic N) is 2. The van der Waals surface area contributed by atoms with E-state index >= 15 is 0 Å². The van der Waals surface area contributed by atoms with E-state index in [9.17, 15) is 33.1 Å². The minimum absolute atomic E-state index is 0.0196. The highest BCUT2D eigenvalue weighted by atomic mass is 28.4. The van der Waals surface area contributed by atoms with Gasteiger partial charge in [0.2, 0.25) is 8.32 Å². The number of nitrogens with one attached hydrogen (secondary N) is 4. The summed E-state index contributed by atoms with van der Waals surface area (Å²) in [5.41, 5.74) is 2.92. The van der Waals surface area contributed by atoms with E-state index in [1.165, 1.54) is 29.2 Å². The van der Waals surface area contributed by atoms with E-state index in [1.54, 1.807) is 50.2 Å². The number of hydrogen-bond acceptors (Lipinski definition) is 11. The van der Waals surface area contributed by atoms with Gasteiger partial charge in [0, 0.05) is 59.1 Å². The lowest BCUT2D eigenvalue weighted by atomic mass is 9.87. The Morgan fingerprint density at radius 3 is 1.51 bits per heavy atom. The van der Waals surface area contributed by atoms with Crippen LogP contribution >= 0.6 is 0 Å². The Kier molecular flexibility index (Phi) is 20.9. The van der Waals surface area contributed by atoms with Gasteiger partial charge in [-0.25, -0.2) is 28.0 Å². The lowest BCUT2D eigenvalue weighted by Gasteiger charge is -2.39. The molecule has 1 saturated heterocycles. The summed E-state index contributed by atoms with van der Waals surface area (Å²) in [5.74, 6) is -1.12. The number of alkyl carbamates (subject to hydrolysis) is 2. The summed E-state index contributed by atoms with van der Waals surface area (Å²) in [6.07, 6.45) is 1.42. The van der Waals surface area contributed by atoms with Gasteiger partial charge in [-0.1, -0.05) is 102 Å². The average Bonchev–Trinajstić information content (AvgIpc) is 1.70. The molecule has 6 aromatic rings. The fraction of sp³-hybridized carbons (Fsp3) is 0.485. The number of rotatable bonds is 16. The standard InChI is InChI=1S/C33H46FN3O6Si.C33H44FN3O5Si/c1-32(2,3)42-31(40)37-19-27(43-44(7,8)33(4,5)6)29(38)28(37)25(24-17-35-26-16-22(34)14-15-23(24)26)18-36-30(39)41-20-21-12-10-9-11-13-21;1-32(2,3)41-31(39)37-20-24(42-43(7,8)33(4,5)6)17-29(37)27(26-18-35-28-16-23(34)14-15-25(26)28)19-36-30(38)40-21-22-12-10-9-11-13-22/h9-17,25,27-29,35,38H,18-20H2,1-8H3,(H,36,39);9-18,27,29,35H,19-21H2,1-8H3,(H,36,38)/t25-,27+,28+,29-;27-,29-/m00/s1. The van der Waals surface area contributed by atoms with Crippen molar-refractivity contribution in [3.8, 4) is 0 Å². The van der Waals surface area contributed by atoms with Crippen molar-refractivity contribution < 1.29 is 60.9 Å². The fourth-order valence-corrected chi connectivity index (χ4v) is 12.5. The minimum atomic E-state index is -2.36. The van der Waals surface area contributed by atoms with Crippen LogP contribution in [0.1, 0.15) is 117 Å². The molecule has 0 aliphatic carbocycles. The molecule has 6 atom stereocenters. The van der Waals surface area contributed by atoms with Gasteiger partial charge in [-0.3, -0.25) is 9.80 Å². The fourth-order valence-electron chi connectivity index (χ4n) is 10.1. The van der Waals surface area contributed by atoms with Crippen LogP contribution in [0.3, 0.4) is 0 Å². The zero-order chi connectivity index (χ0) is 64.0. The summed E-state index contributed by atoms with van der Waals surface area (Å²) in [4.78, 5) is 62.5. The first-order valence-corrected chi connectivity index (χ1v) is 35.5. The Balaban J connectivity index is 0.000000249. The van der Waals surface area contributed by atoms with Gasteiger partial charge in [-0.05, 0) is 143 Å². The maximum atomic E-state index is 14.1. The van der Waals surface area contributed by atoms with Gasteiger partial charge in [-0.2, -0.15) is 0 Å². The average molecular weight is 1240 g/mol. The van der Waals surface area contributed by atoms with Crippen LogP contribution in [0.5, 0.6) is 0 Å². The highest BCUT2D eigenvalue weighted by Crippen LogP contribution is 2.44. The van der Waals surface area contributed by atoms with Crippen LogP contribution in [0.2, 0.25) is 36.3 Å². The molecule has 4 aromatic carbocycles. The number of halogens is 2. The maximum absolute atomic E-state index is 14.1. The summed E-state index contributed by atoms with van der Waals surface area (Å²) >= 11 is 0. The van der Waals surface area contributed by atoms with Crippen LogP contribution in [0.15, 0.2) is 121 Å². The molecule has 472 valence electrons. The maximum Gasteiger partial charge on any atom is 0.411 e. The number of fused-ring (bicyclic) bond motifs is 2. The molecule has 4 heterocycles. The number of likely N-dealkylation sites (tertiary alicyclic amines) is 1. The minimum Gasteiger partial charge on any atom is -0.545 e. The van der Waals surface area contributed by atoms with Crippen molar-refractivity contribution in [2.24, 2.45) is 0 Å². The molecule has 2 aliphatic rings. The molecule has 5 N–H and O–H groups in total. The molecule has 0 saturated carbocycles. The van der Waals surface area contributed by atoms with E-state index in [2.05, 4.69) is 88.3 Å². The van der Waals surface area contributed by atoms with Gasteiger partial charge >= 0.3 is 24.4 Å². The Morgan fingerprint density at radius 1 is 0.621 bits per heavy atom. The van der Waals surface area contributed by atoms with Crippen LogP contribution in [0, 0.1) is 11.6 Å². The van der Waals surface area contributed by atoms with Gasteiger partial charge in [-0.15, -0.1) is 0 Å². The van der Waals surface area contributed by atoms with Crippen molar-refractivity contribution in [3.63, 3.8) is 0 Å². The lowest BCUT2D eigenvalue weighted by molar-refractivity contribution is 0.00922. The molecule has 87 heavy (non-hydrogen) atoms. The van der Waals surface area contributed by atoms with Crippen molar-refractivity contribution in [1.29, 1.82) is 0 Å². The number of aromatic nitrogens is 2. The molecule has 1 fully saturated rings. The van der Waals surface area contributed by atoms with Gasteiger partial charge in [0.15, 0.2) is 8.32 Å². The van der Waals surface area contributed by atoms with Gasteiger partial charge in [0.05, 0.1) is 37.0 Å². The second-order valence-corrected chi connectivity index (χ2v) is 37.1. The van der Waals surface area contributed by atoms with E-state index in [0.717, 1.165) is 22.1 Å². The molecule has 2 aromatic heterocycles. The topological polar surface area (TPSA) is 206 Å². The largest absolute Gasteiger partial charge is 0.545 e. The normalized spacial score (nSPS) is 18.3. The first-order valence-electron chi connectivity index (χ1n) is 29.7. The van der Waals surface area contributed by atoms with E-state index < -0.39 is 94.2 Å². The third-order valence-corrected chi connectivity index (χ3v) is 25.4. The molecule has 0 bridgehead atoms. The van der Waals surface area contributed by atoms with E-state index in [0.29, 0.717) is 27.7 Å². The zero-order valence-electron chi connectivity index (χ0n) is 53.4. The second kappa shape index (κ2) is 27.0. The number of aliphatic hydroxyl groups excluding tert-OH is 1. The summed E-state index contributed by atoms with van der Waals surface area (Å²) in [6.45, 7) is 32.9. The van der Waals surface area contributed by atoms with Gasteiger partial charge in [0.1, 0.15) is 42.2 Å². The third kappa shape index (κ3) is 17.5. The number of amides is 4. The molecule has 4 amide bonds. The molecule has 0 spiro atoms. The molecular weight excluding hydrogens is 1150 g/mol. The number of aliphatic hydroxyl groups is 1. The molecule has 0 unspecified atom stereocenters. The van der Waals surface area contributed by atoms with E-state index in [-0.39, 0.29) is 55.3 Å². The molecular formula is C66H90F2N6O11Si2. The number of ether oxygens (including phenoxy) is 4. The van der Waals surface area contributed by atoms with Crippen molar-refractivity contribution in [3.05, 3.63) is 155 Å². The molecule has 8 rings (SSSR count). The smallest absolute Gasteiger partial charge is 0.411 e. The summed E-state index contributed by atoms with van der Waals surface area (Å²) in [6, 6.07) is 26.3. The van der Waals surface area contributed by atoms with E-state index in [4.69, 9.17) is 27.8 Å². The summed E-state index contributed by atoms with van der Waals surface area (Å²) in [5, 5.41) is 19.0. The molecule has 0 radical (unpaired) electrons. The lowest BCUT2D eigenvalue weighted by Crippen LogP contribution is -2.49. The highest BCUT2D eigenvalue weighted by Gasteiger charge is 2.53. The number of carbonyl (C=O) groups excluding carboxylic acids is 4.